The van der Waals surface area contributed by atoms with Crippen LogP contribution in [0.5, 0.6) is 0 Å². The topological polar surface area (TPSA) is 109 Å². The highest BCUT2D eigenvalue weighted by molar-refractivity contribution is 5.85. The summed E-state index contributed by atoms with van der Waals surface area (Å²) in [5, 5.41) is 17.4. The number of rotatable bonds is 10. The molecule has 0 aromatic rings. The molecule has 0 saturated heterocycles. The maximum absolute atomic E-state index is 11.5. The number of allylic oxidation sites excluding steroid dienone is 4. The van der Waals surface area contributed by atoms with Gasteiger partial charge in [-0.05, 0) is 50.4 Å². The average Bonchev–Trinajstić information content (AvgIpc) is 3.19. The van der Waals surface area contributed by atoms with Crippen molar-refractivity contribution in [3.63, 3.8) is 0 Å². The Bertz CT molecular complexity index is 592. The van der Waals surface area contributed by atoms with E-state index in [9.17, 15) is 19.2 Å². The van der Waals surface area contributed by atoms with Gasteiger partial charge in [0, 0.05) is 37.5 Å². The minimum Gasteiger partial charge on any atom is -0.481 e. The van der Waals surface area contributed by atoms with Gasteiger partial charge in [-0.2, -0.15) is 0 Å². The van der Waals surface area contributed by atoms with Gasteiger partial charge in [-0.1, -0.05) is 38.2 Å². The van der Waals surface area contributed by atoms with E-state index in [2.05, 4.69) is 0 Å². The molecule has 0 bridgehead atoms. The smallest absolute Gasteiger partial charge is 0.303 e. The minimum absolute atomic E-state index is 0.0519. The number of ketones is 2. The third-order valence-corrected chi connectivity index (χ3v) is 5.95. The van der Waals surface area contributed by atoms with E-state index in [0.29, 0.717) is 25.7 Å². The van der Waals surface area contributed by atoms with E-state index in [0.717, 1.165) is 25.7 Å². The molecule has 0 radical (unpaired) electrons. The third-order valence-electron chi connectivity index (χ3n) is 5.95. The first-order valence-electron chi connectivity index (χ1n) is 11.1. The van der Waals surface area contributed by atoms with Crippen LogP contribution in [0.4, 0.5) is 0 Å². The molecule has 0 aromatic heterocycles. The van der Waals surface area contributed by atoms with Gasteiger partial charge in [-0.3, -0.25) is 19.2 Å². The number of hydrogen-bond donors (Lipinski definition) is 2. The molecule has 168 valence electrons. The van der Waals surface area contributed by atoms with Gasteiger partial charge in [0.05, 0.1) is 0 Å². The normalized spacial score (nSPS) is 26.3. The van der Waals surface area contributed by atoms with Crippen molar-refractivity contribution in [3.05, 3.63) is 24.3 Å². The van der Waals surface area contributed by atoms with Crippen LogP contribution in [0.15, 0.2) is 24.3 Å². The first kappa shape index (κ1) is 25.8. The van der Waals surface area contributed by atoms with Crippen molar-refractivity contribution < 1.29 is 29.4 Å². The molecule has 2 aliphatic carbocycles. The monoisotopic (exact) mass is 420 g/mol. The molecule has 2 saturated carbocycles. The summed E-state index contributed by atoms with van der Waals surface area (Å²) in [6, 6.07) is 0. The highest BCUT2D eigenvalue weighted by atomic mass is 16.4. The molecule has 2 fully saturated rings. The summed E-state index contributed by atoms with van der Waals surface area (Å²) in [5.41, 5.74) is 0. The van der Waals surface area contributed by atoms with Crippen LogP contribution in [0, 0.1) is 23.7 Å². The van der Waals surface area contributed by atoms with Crippen molar-refractivity contribution in [3.8, 4) is 0 Å². The summed E-state index contributed by atoms with van der Waals surface area (Å²) in [7, 11) is 0. The molecule has 2 rings (SSSR count). The fourth-order valence-corrected chi connectivity index (χ4v) is 4.36. The van der Waals surface area contributed by atoms with Crippen molar-refractivity contribution in [1.29, 1.82) is 0 Å². The number of carboxylic acid groups (broad SMARTS) is 2. The van der Waals surface area contributed by atoms with E-state index in [-0.39, 0.29) is 48.1 Å². The molecule has 0 unspecified atom stereocenters. The molecular formula is C24H36O6. The van der Waals surface area contributed by atoms with E-state index in [4.69, 9.17) is 10.2 Å². The van der Waals surface area contributed by atoms with Gasteiger partial charge in [0.1, 0.15) is 11.6 Å². The fraction of sp³-hybridized carbons (Fsp3) is 0.667. The maximum Gasteiger partial charge on any atom is 0.303 e. The van der Waals surface area contributed by atoms with Crippen LogP contribution in [0.3, 0.4) is 0 Å². The highest BCUT2D eigenvalue weighted by Crippen LogP contribution is 2.34. The molecule has 0 amide bonds. The number of carbonyl (C=O) groups is 4. The lowest BCUT2D eigenvalue weighted by molar-refractivity contribution is -0.139. The van der Waals surface area contributed by atoms with E-state index in [1.807, 2.05) is 38.2 Å². The molecule has 0 aromatic carbocycles. The van der Waals surface area contributed by atoms with Crippen LogP contribution in [0.25, 0.3) is 0 Å². The van der Waals surface area contributed by atoms with Crippen molar-refractivity contribution in [1.82, 2.24) is 0 Å². The van der Waals surface area contributed by atoms with Gasteiger partial charge in [-0.25, -0.2) is 0 Å². The first-order chi connectivity index (χ1) is 14.3. The summed E-state index contributed by atoms with van der Waals surface area (Å²) >= 11 is 0. The number of Topliss-reactive ketones (excluding diaryl/α,β-unsaturated/α-hetero) is 2. The van der Waals surface area contributed by atoms with Crippen LogP contribution in [0.1, 0.15) is 78.1 Å². The van der Waals surface area contributed by atoms with Crippen LogP contribution in [-0.2, 0) is 19.2 Å². The lowest BCUT2D eigenvalue weighted by Gasteiger charge is -2.14. The fourth-order valence-electron chi connectivity index (χ4n) is 4.36. The van der Waals surface area contributed by atoms with E-state index in [1.165, 1.54) is 0 Å². The lowest BCUT2D eigenvalue weighted by atomic mass is 9.89. The molecule has 0 spiro atoms. The second-order valence-electron chi connectivity index (χ2n) is 8.17. The predicted octanol–water partition coefficient (Wildman–Crippen LogP) is 4.83. The first-order valence-corrected chi connectivity index (χ1v) is 11.1. The third kappa shape index (κ3) is 9.06. The van der Waals surface area contributed by atoms with Gasteiger partial charge < -0.3 is 10.2 Å². The Kier molecular flexibility index (Phi) is 11.9. The van der Waals surface area contributed by atoms with Gasteiger partial charge in [0.15, 0.2) is 0 Å². The second-order valence-corrected chi connectivity index (χ2v) is 8.17. The van der Waals surface area contributed by atoms with Gasteiger partial charge in [0.25, 0.3) is 0 Å². The van der Waals surface area contributed by atoms with Gasteiger partial charge in [-0.15, -0.1) is 0 Å². The quantitative estimate of drug-likeness (QED) is 0.490. The molecule has 2 aliphatic rings. The molecule has 0 aliphatic heterocycles. The highest BCUT2D eigenvalue weighted by Gasteiger charge is 2.35. The van der Waals surface area contributed by atoms with Crippen molar-refractivity contribution in [2.45, 2.75) is 78.1 Å². The average molecular weight is 421 g/mol. The van der Waals surface area contributed by atoms with Gasteiger partial charge >= 0.3 is 11.9 Å². The maximum atomic E-state index is 11.5. The predicted molar refractivity (Wildman–Crippen MR) is 115 cm³/mol. The number of hydrogen-bond acceptors (Lipinski definition) is 4. The molecule has 6 heteroatoms. The molecule has 0 heterocycles. The standard InChI is InChI=1S/2C12H18O3/c2*1-2-3-4-5-10-9(8-12(14)15)6-7-11(10)13/h2*3-4,9-10H,2,5-8H2,1H3,(H,14,15)/b2*4-3-/t2*9-,10-/m10/s1. The summed E-state index contributed by atoms with van der Waals surface area (Å²) in [6.45, 7) is 4.09. The zero-order chi connectivity index (χ0) is 22.5. The summed E-state index contributed by atoms with van der Waals surface area (Å²) in [4.78, 5) is 44.3. The summed E-state index contributed by atoms with van der Waals surface area (Å²) < 4.78 is 0. The summed E-state index contributed by atoms with van der Waals surface area (Å²) in [6.07, 6.45) is 14.3. The van der Waals surface area contributed by atoms with Crippen molar-refractivity contribution >= 4 is 23.5 Å². The van der Waals surface area contributed by atoms with Crippen LogP contribution in [0.2, 0.25) is 0 Å². The number of aliphatic carboxylic acids is 2. The molecule has 6 nitrogen and oxygen atoms in total. The Labute approximate surface area is 179 Å². The second kappa shape index (κ2) is 13.9. The lowest BCUT2D eigenvalue weighted by Crippen LogP contribution is -2.17. The van der Waals surface area contributed by atoms with Crippen molar-refractivity contribution in [2.75, 3.05) is 0 Å². The van der Waals surface area contributed by atoms with Crippen LogP contribution in [-0.4, -0.2) is 33.7 Å². The minimum atomic E-state index is -0.792. The van der Waals surface area contributed by atoms with E-state index < -0.39 is 11.9 Å². The molecule has 4 atom stereocenters. The van der Waals surface area contributed by atoms with Gasteiger partial charge in [0.2, 0.25) is 0 Å². The van der Waals surface area contributed by atoms with E-state index >= 15 is 0 Å². The Morgan fingerprint density at radius 2 is 1.13 bits per heavy atom. The number of carboxylic acids is 2. The Hall–Kier alpha value is -2.24. The SMILES string of the molecule is CC/C=C\C[C@@H]1C(=O)CC[C@H]1CC(=O)O.CC/C=C\C[C@H]1C(=O)CC[C@@H]1CC(=O)O. The zero-order valence-electron chi connectivity index (χ0n) is 18.2. The zero-order valence-corrected chi connectivity index (χ0v) is 18.2. The largest absolute Gasteiger partial charge is 0.481 e. The van der Waals surface area contributed by atoms with Crippen molar-refractivity contribution in [2.24, 2.45) is 23.7 Å². The van der Waals surface area contributed by atoms with Crippen LogP contribution >= 0.6 is 0 Å². The molecule has 2 N–H and O–H groups in total. The Balaban J connectivity index is 0.000000300. The Morgan fingerprint density at radius 3 is 1.43 bits per heavy atom. The van der Waals surface area contributed by atoms with E-state index in [1.54, 1.807) is 0 Å². The Morgan fingerprint density at radius 1 is 0.767 bits per heavy atom. The van der Waals surface area contributed by atoms with Crippen LogP contribution < -0.4 is 0 Å². The summed E-state index contributed by atoms with van der Waals surface area (Å²) in [5.74, 6) is -1.11. The molecular weight excluding hydrogens is 384 g/mol. The number of carbonyl (C=O) groups excluding carboxylic acids is 2. The molecule has 30 heavy (non-hydrogen) atoms.